The summed E-state index contributed by atoms with van der Waals surface area (Å²) >= 11 is 5.71. The van der Waals surface area contributed by atoms with Gasteiger partial charge in [0.2, 0.25) is 5.91 Å². The van der Waals surface area contributed by atoms with Crippen molar-refractivity contribution in [1.29, 1.82) is 0 Å². The van der Waals surface area contributed by atoms with Crippen LogP contribution in [0.15, 0.2) is 24.3 Å². The Balaban J connectivity index is 2.79. The molecule has 1 aromatic rings. The van der Waals surface area contributed by atoms with Crippen LogP contribution in [0.5, 0.6) is 0 Å². The van der Waals surface area contributed by atoms with Crippen molar-refractivity contribution in [3.63, 3.8) is 0 Å². The topological polar surface area (TPSA) is 89.8 Å². The van der Waals surface area contributed by atoms with Gasteiger partial charge in [-0.2, -0.15) is 0 Å². The van der Waals surface area contributed by atoms with Crippen molar-refractivity contribution < 1.29 is 19.9 Å². The van der Waals surface area contributed by atoms with Gasteiger partial charge >= 0.3 is 6.75 Å². The Morgan fingerprint density at radius 1 is 1.35 bits per heavy atom. The number of nitrogens with one attached hydrogen (secondary N) is 1. The first kappa shape index (κ1) is 14.0. The number of amides is 1. The van der Waals surface area contributed by atoms with Crippen molar-refractivity contribution in [1.82, 2.24) is 5.32 Å². The molecular weight excluding hydrogens is 244 g/mol. The van der Waals surface area contributed by atoms with E-state index in [0.717, 1.165) is 5.56 Å². The normalized spacial score (nSPS) is 13.2. The van der Waals surface area contributed by atoms with Gasteiger partial charge in [0.05, 0.1) is 0 Å². The third-order valence-corrected chi connectivity index (χ3v) is 2.55. The molecule has 0 fully saturated rings. The van der Waals surface area contributed by atoms with Crippen LogP contribution in [0, 0.1) is 0 Å². The predicted molar refractivity (Wildman–Crippen MR) is 65.2 cm³/mol. The molecule has 0 saturated heterocycles. The van der Waals surface area contributed by atoms with Crippen LogP contribution in [0.3, 0.4) is 0 Å². The molecule has 7 heteroatoms. The van der Waals surface area contributed by atoms with Crippen molar-refractivity contribution in [2.45, 2.75) is 19.3 Å². The molecule has 1 unspecified atom stereocenters. The number of benzene rings is 1. The number of hydrogen-bond donors (Lipinski definition) is 4. The van der Waals surface area contributed by atoms with Crippen LogP contribution in [0.2, 0.25) is 5.02 Å². The van der Waals surface area contributed by atoms with Crippen LogP contribution in [0.4, 0.5) is 0 Å². The van der Waals surface area contributed by atoms with E-state index in [1.54, 1.807) is 24.3 Å². The summed E-state index contributed by atoms with van der Waals surface area (Å²) in [5, 5.41) is 30.4. The summed E-state index contributed by atoms with van der Waals surface area (Å²) in [4.78, 5) is 10.9. The van der Waals surface area contributed by atoms with Crippen molar-refractivity contribution in [3.8, 4) is 0 Å². The molecule has 1 amide bonds. The Labute approximate surface area is 104 Å². The van der Waals surface area contributed by atoms with Crippen LogP contribution >= 0.6 is 11.6 Å². The molecule has 1 aromatic carbocycles. The number of carbonyl (C=O) groups excluding carboxylic acids is 1. The molecule has 1 rings (SSSR count). The number of rotatable bonds is 4. The highest BCUT2D eigenvalue weighted by Crippen LogP contribution is 2.13. The van der Waals surface area contributed by atoms with Crippen LogP contribution in [-0.4, -0.2) is 33.7 Å². The summed E-state index contributed by atoms with van der Waals surface area (Å²) in [6, 6.07) is 6.64. The SMILES string of the molecule is CC(=O)NC(Cc1ccc(Cl)cc1)[B-](O)(O)O. The zero-order valence-corrected chi connectivity index (χ0v) is 10.1. The second kappa shape index (κ2) is 5.51. The molecule has 0 aromatic heterocycles. The largest absolute Gasteiger partial charge is 0.558 e. The van der Waals surface area contributed by atoms with E-state index < -0.39 is 18.6 Å². The maximum absolute atomic E-state index is 10.9. The minimum atomic E-state index is -3.62. The minimum Gasteiger partial charge on any atom is -0.558 e. The molecule has 94 valence electrons. The Hall–Kier alpha value is -1.08. The van der Waals surface area contributed by atoms with Crippen molar-refractivity contribution in [2.75, 3.05) is 0 Å². The second-order valence-corrected chi connectivity index (χ2v) is 4.37. The van der Waals surface area contributed by atoms with E-state index in [1.165, 1.54) is 6.92 Å². The van der Waals surface area contributed by atoms with Gasteiger partial charge in [0.1, 0.15) is 0 Å². The predicted octanol–water partition coefficient (Wildman–Crippen LogP) is -0.158. The van der Waals surface area contributed by atoms with Gasteiger partial charge in [-0.05, 0) is 30.1 Å². The third kappa shape index (κ3) is 4.74. The first-order valence-electron chi connectivity index (χ1n) is 5.12. The Morgan fingerprint density at radius 3 is 2.29 bits per heavy atom. The lowest BCUT2D eigenvalue weighted by Crippen LogP contribution is -2.58. The minimum absolute atomic E-state index is 0.0975. The van der Waals surface area contributed by atoms with E-state index in [4.69, 9.17) is 11.6 Å². The molecule has 0 saturated carbocycles. The van der Waals surface area contributed by atoms with E-state index in [1.807, 2.05) is 0 Å². The molecule has 0 spiro atoms. The smallest absolute Gasteiger partial charge is 0.394 e. The van der Waals surface area contributed by atoms with Gasteiger partial charge in [0.15, 0.2) is 0 Å². The summed E-state index contributed by atoms with van der Waals surface area (Å²) in [6.45, 7) is -2.38. The molecule has 4 N–H and O–H groups in total. The van der Waals surface area contributed by atoms with Gasteiger partial charge in [0, 0.05) is 11.9 Å². The molecule has 0 aliphatic heterocycles. The first-order valence-corrected chi connectivity index (χ1v) is 5.50. The monoisotopic (exact) mass is 258 g/mol. The highest BCUT2D eigenvalue weighted by Gasteiger charge is 2.29. The van der Waals surface area contributed by atoms with E-state index in [0.29, 0.717) is 5.02 Å². The molecule has 1 atom stereocenters. The van der Waals surface area contributed by atoms with E-state index in [9.17, 15) is 19.9 Å². The lowest BCUT2D eigenvalue weighted by Gasteiger charge is -2.32. The number of halogens is 1. The Kier molecular flexibility index (Phi) is 4.53. The zero-order chi connectivity index (χ0) is 13.1. The van der Waals surface area contributed by atoms with Gasteiger partial charge in [-0.25, -0.2) is 0 Å². The lowest BCUT2D eigenvalue weighted by molar-refractivity contribution is -0.119. The summed E-state index contributed by atoms with van der Waals surface area (Å²) in [5.74, 6) is -1.60. The molecule has 0 aliphatic rings. The lowest BCUT2D eigenvalue weighted by atomic mass is 9.67. The molecule has 17 heavy (non-hydrogen) atoms. The summed E-state index contributed by atoms with van der Waals surface area (Å²) in [5.41, 5.74) is 0.719. The Bertz CT molecular complexity index is 390. The van der Waals surface area contributed by atoms with Gasteiger partial charge in [0.25, 0.3) is 0 Å². The fraction of sp³-hybridized carbons (Fsp3) is 0.300. The number of carbonyl (C=O) groups is 1. The number of hydrogen-bond acceptors (Lipinski definition) is 4. The van der Waals surface area contributed by atoms with Gasteiger partial charge in [-0.15, -0.1) is 0 Å². The molecular formula is C10H14BClNO4-. The summed E-state index contributed by atoms with van der Waals surface area (Å²) in [7, 11) is 0. The molecule has 0 aliphatic carbocycles. The van der Waals surface area contributed by atoms with E-state index >= 15 is 0 Å². The average molecular weight is 258 g/mol. The fourth-order valence-corrected chi connectivity index (χ4v) is 1.58. The molecule has 0 bridgehead atoms. The van der Waals surface area contributed by atoms with Crippen LogP contribution in [0.1, 0.15) is 12.5 Å². The van der Waals surface area contributed by atoms with E-state index in [2.05, 4.69) is 5.32 Å². The maximum Gasteiger partial charge on any atom is 0.394 e. The zero-order valence-electron chi connectivity index (χ0n) is 9.30. The quantitative estimate of drug-likeness (QED) is 0.565. The summed E-state index contributed by atoms with van der Waals surface area (Å²) in [6.07, 6.45) is 0.0975. The van der Waals surface area contributed by atoms with Crippen molar-refractivity contribution >= 4 is 24.3 Å². The highest BCUT2D eigenvalue weighted by atomic mass is 35.5. The standard InChI is InChI=1S/C10H14BClNO4/c1-7(14)13-10(11(15,16)17)6-8-2-4-9(12)5-3-8/h2-5,10,15-17H,6H2,1H3,(H,13,14)/q-1. The summed E-state index contributed by atoms with van der Waals surface area (Å²) < 4.78 is 0. The van der Waals surface area contributed by atoms with Crippen molar-refractivity contribution in [2.24, 2.45) is 0 Å². The van der Waals surface area contributed by atoms with Crippen molar-refractivity contribution in [3.05, 3.63) is 34.9 Å². The van der Waals surface area contributed by atoms with E-state index in [-0.39, 0.29) is 6.42 Å². The first-order chi connectivity index (χ1) is 7.79. The van der Waals surface area contributed by atoms with Gasteiger partial charge in [-0.1, -0.05) is 23.7 Å². The molecule has 5 nitrogen and oxygen atoms in total. The van der Waals surface area contributed by atoms with Gasteiger partial charge < -0.3 is 20.4 Å². The maximum atomic E-state index is 10.9. The third-order valence-electron chi connectivity index (χ3n) is 2.30. The highest BCUT2D eigenvalue weighted by molar-refractivity contribution is 6.58. The van der Waals surface area contributed by atoms with Gasteiger partial charge in [-0.3, -0.25) is 4.79 Å². The Morgan fingerprint density at radius 2 is 1.88 bits per heavy atom. The van der Waals surface area contributed by atoms with Crippen LogP contribution in [0.25, 0.3) is 0 Å². The molecule has 0 heterocycles. The molecule has 0 radical (unpaired) electrons. The fourth-order valence-electron chi connectivity index (χ4n) is 1.46. The second-order valence-electron chi connectivity index (χ2n) is 3.93. The average Bonchev–Trinajstić information content (AvgIpc) is 2.18. The van der Waals surface area contributed by atoms with Crippen LogP contribution in [-0.2, 0) is 11.2 Å². The van der Waals surface area contributed by atoms with Crippen LogP contribution < -0.4 is 5.32 Å².